The molecule has 0 aromatic heterocycles. The van der Waals surface area contributed by atoms with Crippen molar-refractivity contribution in [1.29, 1.82) is 0 Å². The zero-order chi connectivity index (χ0) is 37.1. The van der Waals surface area contributed by atoms with E-state index in [0.717, 1.165) is 81.4 Å². The third-order valence-corrected chi connectivity index (χ3v) is 10.5. The van der Waals surface area contributed by atoms with Crippen LogP contribution in [-0.2, 0) is 32.6 Å². The molecular weight excluding hydrogens is 718 g/mol. The minimum Gasteiger partial charge on any atom is -0.744 e. The second-order valence-corrected chi connectivity index (χ2v) is 14.3. The summed E-state index contributed by atoms with van der Waals surface area (Å²) in [6.07, 6.45) is 8.43. The Kier molecular flexibility index (Phi) is 16.2. The monoisotopic (exact) mass is 761 g/mol. The molecule has 0 heterocycles. The SMILES string of the molecule is CCN(CC)c1ccc(C(=C2C=CC(=[N+](CC)Cc3cccc(S(=O)(=O)[O-])c3)C=C2)c2ccc(N(CC)Cc3cccc(SOO[O-])c3)cc2)cc1.[Na+]. The molecule has 4 aromatic rings. The van der Waals surface area contributed by atoms with Gasteiger partial charge in [-0.15, -0.1) is 0 Å². The molecule has 53 heavy (non-hydrogen) atoms. The van der Waals surface area contributed by atoms with Crippen LogP contribution in [0.3, 0.4) is 0 Å². The molecular formula is C41H44N3NaO6S2. The van der Waals surface area contributed by atoms with Crippen LogP contribution in [0.4, 0.5) is 11.4 Å². The molecule has 0 aliphatic heterocycles. The molecule has 0 bridgehead atoms. The van der Waals surface area contributed by atoms with Crippen LogP contribution in [0.25, 0.3) is 5.57 Å². The van der Waals surface area contributed by atoms with E-state index in [1.54, 1.807) is 6.07 Å². The minimum absolute atomic E-state index is 0. The van der Waals surface area contributed by atoms with Crippen molar-refractivity contribution in [3.8, 4) is 0 Å². The first-order chi connectivity index (χ1) is 25.2. The maximum Gasteiger partial charge on any atom is 1.00 e. The van der Waals surface area contributed by atoms with Crippen molar-refractivity contribution in [1.82, 2.24) is 0 Å². The van der Waals surface area contributed by atoms with Crippen molar-refractivity contribution in [3.63, 3.8) is 0 Å². The van der Waals surface area contributed by atoms with Crippen LogP contribution in [0.1, 0.15) is 49.9 Å². The van der Waals surface area contributed by atoms with Crippen molar-refractivity contribution < 1.29 is 61.7 Å². The number of rotatable bonds is 16. The van der Waals surface area contributed by atoms with Crippen molar-refractivity contribution in [3.05, 3.63) is 149 Å². The molecule has 272 valence electrons. The molecule has 4 aromatic carbocycles. The Morgan fingerprint density at radius 1 is 0.736 bits per heavy atom. The predicted octanol–water partition coefficient (Wildman–Crippen LogP) is 4.30. The number of hydrogen-bond donors (Lipinski definition) is 0. The molecule has 0 radical (unpaired) electrons. The van der Waals surface area contributed by atoms with Crippen molar-refractivity contribution in [2.45, 2.75) is 50.6 Å². The molecule has 1 aliphatic carbocycles. The van der Waals surface area contributed by atoms with Gasteiger partial charge in [-0.3, -0.25) is 5.04 Å². The van der Waals surface area contributed by atoms with Gasteiger partial charge in [0, 0.05) is 60.2 Å². The van der Waals surface area contributed by atoms with Gasteiger partial charge in [0.2, 0.25) is 0 Å². The summed E-state index contributed by atoms with van der Waals surface area (Å²) in [5.74, 6) is 0. The van der Waals surface area contributed by atoms with E-state index in [0.29, 0.717) is 19.6 Å². The largest absolute Gasteiger partial charge is 1.00 e. The fraction of sp³-hybridized carbons (Fsp3) is 0.244. The van der Waals surface area contributed by atoms with E-state index in [-0.39, 0.29) is 34.5 Å². The average Bonchev–Trinajstić information content (AvgIpc) is 3.17. The third kappa shape index (κ3) is 11.3. The van der Waals surface area contributed by atoms with E-state index < -0.39 is 10.1 Å². The van der Waals surface area contributed by atoms with Crippen molar-refractivity contribution >= 4 is 44.8 Å². The van der Waals surface area contributed by atoms with Crippen LogP contribution in [0, 0.1) is 0 Å². The van der Waals surface area contributed by atoms with E-state index in [4.69, 9.17) is 0 Å². The Hall–Kier alpha value is -3.49. The molecule has 12 heteroatoms. The molecule has 0 saturated carbocycles. The Labute approximate surface area is 340 Å². The zero-order valence-corrected chi connectivity index (χ0v) is 34.5. The van der Waals surface area contributed by atoms with Gasteiger partial charge in [0.1, 0.15) is 16.7 Å². The smallest absolute Gasteiger partial charge is 0.744 e. The molecule has 0 amide bonds. The summed E-state index contributed by atoms with van der Waals surface area (Å²) in [6, 6.07) is 31.4. The van der Waals surface area contributed by atoms with Gasteiger partial charge in [0.25, 0.3) is 0 Å². The van der Waals surface area contributed by atoms with Gasteiger partial charge in [-0.25, -0.2) is 13.0 Å². The number of anilines is 2. The van der Waals surface area contributed by atoms with Crippen LogP contribution in [0.5, 0.6) is 0 Å². The van der Waals surface area contributed by atoms with Gasteiger partial charge in [-0.2, -0.15) is 4.33 Å². The maximum absolute atomic E-state index is 11.6. The van der Waals surface area contributed by atoms with Gasteiger partial charge < -0.3 is 19.6 Å². The van der Waals surface area contributed by atoms with Gasteiger partial charge in [0.05, 0.1) is 16.9 Å². The van der Waals surface area contributed by atoms with Gasteiger partial charge in [-0.05, 0) is 116 Å². The van der Waals surface area contributed by atoms with E-state index in [1.807, 2.05) is 37.3 Å². The molecule has 0 N–H and O–H groups in total. The average molecular weight is 762 g/mol. The number of allylic oxidation sites excluding steroid dienone is 5. The fourth-order valence-electron chi connectivity index (χ4n) is 6.37. The second-order valence-electron chi connectivity index (χ2n) is 12.2. The van der Waals surface area contributed by atoms with Crippen LogP contribution >= 0.6 is 12.0 Å². The number of nitrogens with zero attached hydrogens (tertiary/aromatic N) is 3. The van der Waals surface area contributed by atoms with Crippen LogP contribution < -0.4 is 44.6 Å². The fourth-order valence-corrected chi connectivity index (χ4v) is 7.35. The Morgan fingerprint density at radius 2 is 1.30 bits per heavy atom. The molecule has 0 spiro atoms. The first kappa shape index (κ1) is 42.3. The van der Waals surface area contributed by atoms with Gasteiger partial charge in [-0.1, -0.05) is 48.5 Å². The summed E-state index contributed by atoms with van der Waals surface area (Å²) in [7, 11) is -4.53. The maximum atomic E-state index is 11.6. The summed E-state index contributed by atoms with van der Waals surface area (Å²) in [5.41, 5.74) is 9.43. The molecule has 0 fully saturated rings. The van der Waals surface area contributed by atoms with Gasteiger partial charge >= 0.3 is 29.6 Å². The first-order valence-corrected chi connectivity index (χ1v) is 19.5. The third-order valence-electron chi connectivity index (χ3n) is 9.08. The summed E-state index contributed by atoms with van der Waals surface area (Å²) in [4.78, 5) is 5.17. The van der Waals surface area contributed by atoms with E-state index in [1.165, 1.54) is 17.8 Å². The topological polar surface area (TPSA) is 108 Å². The molecule has 5 rings (SSSR count). The zero-order valence-electron chi connectivity index (χ0n) is 30.9. The summed E-state index contributed by atoms with van der Waals surface area (Å²) in [5, 5.41) is 13.8. The van der Waals surface area contributed by atoms with E-state index >= 15 is 0 Å². The standard InChI is InChI=1S/C41H45N3O6S2.Na/c1-5-42(6-2)36-21-15-33(16-22-36)41(34-17-23-37(24-18-34)43(7-3)29-31-11-9-13-39(27-31)51-50-49-45)35-19-25-38(26-20-35)44(8-4)30-32-12-10-14-40(28-32)52(46,47)48;/h9-28H,5-8,29-30H2,1-4H3,(H-,45,46,47,48);/q;+1/p-1. The van der Waals surface area contributed by atoms with Gasteiger partial charge in [0.15, 0.2) is 12.3 Å². The summed E-state index contributed by atoms with van der Waals surface area (Å²) in [6.45, 7) is 13.0. The number of benzene rings is 4. The van der Waals surface area contributed by atoms with Crippen LogP contribution in [0.2, 0.25) is 0 Å². The molecule has 0 atom stereocenters. The van der Waals surface area contributed by atoms with E-state index in [2.05, 4.69) is 117 Å². The van der Waals surface area contributed by atoms with E-state index in [9.17, 15) is 18.2 Å². The number of hydrogen-bond acceptors (Lipinski definition) is 9. The molecule has 0 saturated heterocycles. The molecule has 9 nitrogen and oxygen atoms in total. The summed E-state index contributed by atoms with van der Waals surface area (Å²) >= 11 is 0.884. The Bertz CT molecular complexity index is 2040. The minimum atomic E-state index is -4.53. The van der Waals surface area contributed by atoms with Crippen molar-refractivity contribution in [2.75, 3.05) is 36.0 Å². The van der Waals surface area contributed by atoms with Crippen LogP contribution in [0.15, 0.2) is 137 Å². The normalized spacial score (nSPS) is 12.4. The Balaban J connectivity index is 0.00000627. The predicted molar refractivity (Wildman–Crippen MR) is 206 cm³/mol. The van der Waals surface area contributed by atoms with Crippen molar-refractivity contribution in [2.24, 2.45) is 0 Å². The first-order valence-electron chi connectivity index (χ1n) is 17.4. The van der Waals surface area contributed by atoms with Crippen LogP contribution in [-0.4, -0.2) is 49.4 Å². The summed E-state index contributed by atoms with van der Waals surface area (Å²) < 4.78 is 41.5. The Morgan fingerprint density at radius 3 is 1.85 bits per heavy atom. The molecule has 1 aliphatic rings. The second kappa shape index (κ2) is 20.3. The molecule has 0 unspecified atom stereocenters. The quantitative estimate of drug-likeness (QED) is 0.0413.